The van der Waals surface area contributed by atoms with Gasteiger partial charge in [0.05, 0.1) is 16.7 Å². The number of fused-ring (bicyclic) bond motifs is 5. The minimum Gasteiger partial charge on any atom is -0.383 e. The Hall–Kier alpha value is -9.22. The zero-order valence-corrected chi connectivity index (χ0v) is 77.7. The van der Waals surface area contributed by atoms with Gasteiger partial charge in [-0.15, -0.1) is 0 Å². The number of hydrogen-bond donors (Lipinski definition) is 7. The Kier molecular flexibility index (Phi) is 38.5. The molecule has 0 radical (unpaired) electrons. The summed E-state index contributed by atoms with van der Waals surface area (Å²) < 4.78 is 0. The molecule has 0 bridgehead atoms. The second-order valence-electron chi connectivity index (χ2n) is 36.6. The number of hydrogen-bond acceptors (Lipinski definition) is 11. The lowest BCUT2D eigenvalue weighted by molar-refractivity contribution is 0.616. The minimum absolute atomic E-state index is 0.419. The number of anilines is 7. The van der Waals surface area contributed by atoms with Crippen LogP contribution in [-0.4, -0.2) is 62.2 Å². The molecule has 116 heavy (non-hydrogen) atoms. The van der Waals surface area contributed by atoms with Crippen molar-refractivity contribution in [1.82, 2.24) is 19.9 Å². The van der Waals surface area contributed by atoms with Gasteiger partial charge in [0.1, 0.15) is 0 Å². The number of nitrogens with zero attached hydrogens (tertiary/aromatic N) is 4. The van der Waals surface area contributed by atoms with Gasteiger partial charge in [0.2, 0.25) is 0 Å². The van der Waals surface area contributed by atoms with Crippen LogP contribution in [0.25, 0.3) is 43.4 Å². The van der Waals surface area contributed by atoms with E-state index in [1.807, 2.05) is 49.3 Å². The Labute approximate surface area is 704 Å². The molecular formula is C105H153N11. The van der Waals surface area contributed by atoms with E-state index >= 15 is 0 Å². The zero-order chi connectivity index (χ0) is 85.8. The van der Waals surface area contributed by atoms with Crippen LogP contribution in [0.3, 0.4) is 0 Å². The first-order valence-corrected chi connectivity index (χ1v) is 44.1. The van der Waals surface area contributed by atoms with E-state index in [2.05, 4.69) is 387 Å². The average molecular weight is 1570 g/mol. The molecule has 7 N–H and O–H groups in total. The van der Waals surface area contributed by atoms with E-state index in [1.165, 1.54) is 161 Å². The number of aryl methyl sites for hydroxylation is 3. The van der Waals surface area contributed by atoms with Gasteiger partial charge < -0.3 is 37.2 Å². The fraction of sp³-hybridized carbons (Fsp3) is 0.486. The maximum Gasteiger partial charge on any atom is 0.0933 e. The summed E-state index contributed by atoms with van der Waals surface area (Å²) in [6, 6.07) is 49.6. The standard InChI is InChI=1S/C18H29N.4C15H20N2.C14H23N.C13H21N/c1-13(2)16-11-15-9-7-5-6-8-10-17(15)18(12-16)19-14(3)4;1-10(2)12-7-13-9-16-6-5-14(13)15(8-12)17-11(3)4;1-10(2)13-7-12-5-6-16-9-14(12)15(8-13)17-11(3)4;1-10(2)12-8-14-13(6-5-7-16-14)15(9-12)17-11(3)4;1-10(2)13-8-12-6-5-7-16-15(12)14(9-13)17-11(3)4;1-9(2)13-7-11(5)12(6)14(8-13)15-10(3)4;1-9(2)12-6-11(5)7-13(8-12)14-10(3)4/h11-14,19H,5-10H2,1-4H3;4*5-11,17H,1-4H3;7-10,15H,1-6H3;6-10,14H,1-5H3. The van der Waals surface area contributed by atoms with Gasteiger partial charge in [0.25, 0.3) is 0 Å². The second kappa shape index (κ2) is 46.7. The van der Waals surface area contributed by atoms with Gasteiger partial charge in [-0.1, -0.05) is 140 Å². The van der Waals surface area contributed by atoms with Gasteiger partial charge in [-0.25, -0.2) is 0 Å². The van der Waals surface area contributed by atoms with E-state index in [4.69, 9.17) is 0 Å². The molecule has 11 aromatic rings. The Morgan fingerprint density at radius 2 is 0.690 bits per heavy atom. The van der Waals surface area contributed by atoms with Crippen LogP contribution < -0.4 is 37.2 Å². The van der Waals surface area contributed by atoms with Crippen LogP contribution in [0.2, 0.25) is 0 Å². The molecule has 628 valence electrons. The molecule has 0 amide bonds. The van der Waals surface area contributed by atoms with Crippen LogP contribution in [-0.2, 0) is 12.8 Å². The van der Waals surface area contributed by atoms with Gasteiger partial charge in [0.15, 0.2) is 0 Å². The third kappa shape index (κ3) is 30.7. The first-order valence-electron chi connectivity index (χ1n) is 44.1. The normalized spacial score (nSPS) is 12.1. The van der Waals surface area contributed by atoms with Crippen molar-refractivity contribution >= 4 is 83.2 Å². The third-order valence-electron chi connectivity index (χ3n) is 20.6. The first-order chi connectivity index (χ1) is 54.8. The molecule has 0 spiro atoms. The van der Waals surface area contributed by atoms with E-state index in [0.717, 1.165) is 16.7 Å². The predicted octanol–water partition coefficient (Wildman–Crippen LogP) is 30.2. The molecule has 0 saturated heterocycles. The zero-order valence-electron chi connectivity index (χ0n) is 77.7. The van der Waals surface area contributed by atoms with E-state index in [0.29, 0.717) is 83.7 Å². The summed E-state index contributed by atoms with van der Waals surface area (Å²) in [6.07, 6.45) is 19.3. The highest BCUT2D eigenvalue weighted by Gasteiger charge is 2.18. The topological polar surface area (TPSA) is 136 Å². The lowest BCUT2D eigenvalue weighted by Crippen LogP contribution is -2.14. The van der Waals surface area contributed by atoms with Gasteiger partial charge in [-0.05, 0) is 354 Å². The summed E-state index contributed by atoms with van der Waals surface area (Å²) in [4.78, 5) is 17.3. The highest BCUT2D eigenvalue weighted by atomic mass is 14.9. The van der Waals surface area contributed by atoms with E-state index in [-0.39, 0.29) is 0 Å². The van der Waals surface area contributed by atoms with Gasteiger partial charge in [0, 0.05) is 141 Å². The van der Waals surface area contributed by atoms with Crippen LogP contribution in [0.15, 0.2) is 165 Å². The van der Waals surface area contributed by atoms with E-state index < -0.39 is 0 Å². The molecule has 0 atom stereocenters. The molecule has 1 aliphatic carbocycles. The molecule has 1 aliphatic rings. The molecule has 0 saturated carbocycles. The number of rotatable bonds is 21. The summed E-state index contributed by atoms with van der Waals surface area (Å²) in [5.74, 6) is 3.94. The molecule has 11 heteroatoms. The monoisotopic (exact) mass is 1570 g/mol. The van der Waals surface area contributed by atoms with Crippen molar-refractivity contribution in [3.8, 4) is 0 Å². The Balaban J connectivity index is 0.000000211. The third-order valence-corrected chi connectivity index (χ3v) is 20.6. The fourth-order valence-corrected chi connectivity index (χ4v) is 14.2. The summed E-state index contributed by atoms with van der Waals surface area (Å²) in [5, 5.41) is 32.0. The summed E-state index contributed by atoms with van der Waals surface area (Å²) >= 11 is 0. The number of pyridine rings is 4. The van der Waals surface area contributed by atoms with Crippen LogP contribution in [0, 0.1) is 20.8 Å². The van der Waals surface area contributed by atoms with Crippen LogP contribution in [0.1, 0.15) is 328 Å². The summed E-state index contributed by atoms with van der Waals surface area (Å²) in [6.45, 7) is 68.2. The summed E-state index contributed by atoms with van der Waals surface area (Å²) in [7, 11) is 0. The molecule has 11 nitrogen and oxygen atoms in total. The van der Waals surface area contributed by atoms with Crippen LogP contribution in [0.4, 0.5) is 39.8 Å². The highest BCUT2D eigenvalue weighted by molar-refractivity contribution is 5.96. The van der Waals surface area contributed by atoms with Crippen molar-refractivity contribution < 1.29 is 0 Å². The molecule has 0 unspecified atom stereocenters. The van der Waals surface area contributed by atoms with Crippen molar-refractivity contribution in [2.24, 2.45) is 0 Å². The Morgan fingerprint density at radius 3 is 1.24 bits per heavy atom. The Bertz CT molecular complexity index is 4410. The molecule has 0 aliphatic heterocycles. The molecule has 7 aromatic carbocycles. The van der Waals surface area contributed by atoms with Crippen LogP contribution >= 0.6 is 0 Å². The number of aromatic nitrogens is 4. The fourth-order valence-electron chi connectivity index (χ4n) is 14.2. The van der Waals surface area contributed by atoms with E-state index in [9.17, 15) is 0 Å². The number of benzene rings is 7. The predicted molar refractivity (Wildman–Crippen MR) is 516 cm³/mol. The average Bonchev–Trinajstić information content (AvgIpc) is 0.823. The first kappa shape index (κ1) is 95.6. The molecule has 0 fully saturated rings. The summed E-state index contributed by atoms with van der Waals surface area (Å²) in [5.41, 5.74) is 27.8. The van der Waals surface area contributed by atoms with Crippen molar-refractivity contribution in [1.29, 1.82) is 0 Å². The van der Waals surface area contributed by atoms with Crippen molar-refractivity contribution in [2.75, 3.05) is 37.2 Å². The minimum atomic E-state index is 0.419. The van der Waals surface area contributed by atoms with Crippen LogP contribution in [0.5, 0.6) is 0 Å². The lowest BCUT2D eigenvalue weighted by Gasteiger charge is -2.23. The van der Waals surface area contributed by atoms with Gasteiger partial charge in [-0.2, -0.15) is 0 Å². The maximum absolute atomic E-state index is 4.47. The Morgan fingerprint density at radius 1 is 0.284 bits per heavy atom. The SMILES string of the molecule is CC(C)Nc1cc(C(C)C)cc2c1CCCCCC2.CC(C)Nc1cc(C(C)C)cc2cccnc12.CC(C)Nc1cc(C(C)C)cc2ccncc12.CC(C)Nc1cc(C(C)C)cc2cnccc12.CC(C)Nc1cc(C(C)C)cc2ncccc12.Cc1cc(C(C)C)cc(NC(C)C)c1C.Cc1cc(NC(C)C)cc(C(C)C)c1. The highest BCUT2D eigenvalue weighted by Crippen LogP contribution is 2.36. The van der Waals surface area contributed by atoms with Crippen molar-refractivity contribution in [3.63, 3.8) is 0 Å². The number of nitrogens with one attached hydrogen (secondary N) is 7. The van der Waals surface area contributed by atoms with E-state index in [1.54, 1.807) is 11.1 Å². The largest absolute Gasteiger partial charge is 0.383 e. The smallest absolute Gasteiger partial charge is 0.0933 e. The van der Waals surface area contributed by atoms with Crippen molar-refractivity contribution in [3.05, 3.63) is 231 Å². The quantitative estimate of drug-likeness (QED) is 0.0371. The molecular weight excluding hydrogens is 1420 g/mol. The van der Waals surface area contributed by atoms with Gasteiger partial charge in [-0.3, -0.25) is 19.9 Å². The lowest BCUT2D eigenvalue weighted by atomic mass is 9.88. The maximum atomic E-state index is 4.47. The van der Waals surface area contributed by atoms with Gasteiger partial charge >= 0.3 is 0 Å². The van der Waals surface area contributed by atoms with Crippen molar-refractivity contribution in [2.45, 2.75) is 337 Å². The molecule has 4 heterocycles. The second-order valence-corrected chi connectivity index (χ2v) is 36.6. The molecule has 4 aromatic heterocycles. The molecule has 12 rings (SSSR count).